The van der Waals surface area contributed by atoms with Crippen molar-refractivity contribution in [2.75, 3.05) is 0 Å². The molecule has 6 heteroatoms. The molecule has 0 fully saturated rings. The predicted octanol–water partition coefficient (Wildman–Crippen LogP) is 12.2. The van der Waals surface area contributed by atoms with Crippen LogP contribution in [0.15, 0.2) is 146 Å². The highest BCUT2D eigenvalue weighted by Gasteiger charge is 2.25. The molecule has 6 nitrogen and oxygen atoms in total. The van der Waals surface area contributed by atoms with Crippen molar-refractivity contribution in [2.24, 2.45) is 0 Å². The molecule has 0 aliphatic heterocycles. The molecule has 0 unspecified atom stereocenters. The summed E-state index contributed by atoms with van der Waals surface area (Å²) in [5, 5.41) is 15.9. The van der Waals surface area contributed by atoms with Gasteiger partial charge in [-0.3, -0.25) is 0 Å². The largest absolute Gasteiger partial charge is 0.309 e. The number of nitrogens with zero attached hydrogens (tertiary/aromatic N) is 6. The molecular weight excluding hydrogens is 685 g/mol. The van der Waals surface area contributed by atoms with E-state index in [1.807, 2.05) is 66.7 Å². The standard InChI is InChI=1S/C50H36N6/c1-30-15-19-43-38(23-30)39-24-31(2)16-20-44(39)55(43)37-27-36(29-51)47(56-45-21-17-32(3)25-40(45)41-26-33(4)18-22-46(41)56)42(28-37)50-53-48(34-11-7-5-8-12-34)52-49(54-50)35-13-9-6-10-14-35/h5-28H,1-4H3. The van der Waals surface area contributed by atoms with Gasteiger partial charge in [-0.05, 0) is 88.4 Å². The maximum atomic E-state index is 11.3. The van der Waals surface area contributed by atoms with Crippen molar-refractivity contribution in [3.8, 4) is 51.6 Å². The minimum atomic E-state index is 0.479. The first kappa shape index (κ1) is 33.2. The van der Waals surface area contributed by atoms with Gasteiger partial charge in [0.2, 0.25) is 0 Å². The molecule has 0 saturated carbocycles. The zero-order chi connectivity index (χ0) is 38.1. The van der Waals surface area contributed by atoms with Gasteiger partial charge in [-0.2, -0.15) is 5.26 Å². The number of benzene rings is 7. The highest BCUT2D eigenvalue weighted by Crippen LogP contribution is 2.41. The summed E-state index contributed by atoms with van der Waals surface area (Å²) in [6.07, 6.45) is 0. The first-order valence-electron chi connectivity index (χ1n) is 18.8. The third kappa shape index (κ3) is 5.36. The summed E-state index contributed by atoms with van der Waals surface area (Å²) in [5.41, 5.74) is 13.4. The fourth-order valence-electron chi connectivity index (χ4n) is 8.19. The third-order valence-electron chi connectivity index (χ3n) is 10.8. The first-order chi connectivity index (χ1) is 27.3. The monoisotopic (exact) mass is 720 g/mol. The van der Waals surface area contributed by atoms with Crippen LogP contribution in [0.2, 0.25) is 0 Å². The SMILES string of the molecule is Cc1ccc2c(c1)c1cc(C)ccc1n2-c1cc(C#N)c(-n2c3ccc(C)cc3c3cc(C)ccc32)c(-c2nc(-c3ccccc3)nc(-c3ccccc3)n2)c1. The van der Waals surface area contributed by atoms with Crippen LogP contribution in [0.4, 0.5) is 0 Å². The van der Waals surface area contributed by atoms with E-state index < -0.39 is 0 Å². The number of aromatic nitrogens is 5. The maximum absolute atomic E-state index is 11.3. The summed E-state index contributed by atoms with van der Waals surface area (Å²) in [5.74, 6) is 1.59. The quantitative estimate of drug-likeness (QED) is 0.177. The summed E-state index contributed by atoms with van der Waals surface area (Å²) in [7, 11) is 0. The van der Waals surface area contributed by atoms with E-state index in [0.717, 1.165) is 60.9 Å². The molecule has 0 N–H and O–H groups in total. The molecule has 0 spiro atoms. The van der Waals surface area contributed by atoms with Gasteiger partial charge in [-0.15, -0.1) is 0 Å². The molecule has 0 radical (unpaired) electrons. The first-order valence-corrected chi connectivity index (χ1v) is 18.8. The van der Waals surface area contributed by atoms with Crippen molar-refractivity contribution in [1.82, 2.24) is 24.1 Å². The van der Waals surface area contributed by atoms with Crippen molar-refractivity contribution in [3.63, 3.8) is 0 Å². The Morgan fingerprint density at radius 3 is 1.23 bits per heavy atom. The summed E-state index contributed by atoms with van der Waals surface area (Å²) in [6.45, 7) is 8.50. The highest BCUT2D eigenvalue weighted by atomic mass is 15.1. The number of rotatable bonds is 5. The van der Waals surface area contributed by atoms with Gasteiger partial charge in [0.25, 0.3) is 0 Å². The van der Waals surface area contributed by atoms with E-state index in [1.54, 1.807) is 0 Å². The Hall–Kier alpha value is -7.36. The van der Waals surface area contributed by atoms with E-state index in [9.17, 15) is 5.26 Å². The van der Waals surface area contributed by atoms with Gasteiger partial charge in [0.15, 0.2) is 17.5 Å². The molecule has 0 amide bonds. The molecule has 56 heavy (non-hydrogen) atoms. The second-order valence-corrected chi connectivity index (χ2v) is 14.8. The van der Waals surface area contributed by atoms with Crippen LogP contribution < -0.4 is 0 Å². The summed E-state index contributed by atoms with van der Waals surface area (Å²) in [6, 6.07) is 53.1. The third-order valence-corrected chi connectivity index (χ3v) is 10.8. The molecule has 0 saturated heterocycles. The molecule has 10 aromatic rings. The van der Waals surface area contributed by atoms with Crippen LogP contribution in [0.1, 0.15) is 27.8 Å². The number of hydrogen-bond donors (Lipinski definition) is 0. The van der Waals surface area contributed by atoms with E-state index in [1.165, 1.54) is 33.0 Å². The molecule has 3 heterocycles. The molecule has 266 valence electrons. The van der Waals surface area contributed by atoms with Crippen LogP contribution >= 0.6 is 0 Å². The van der Waals surface area contributed by atoms with Crippen LogP contribution in [-0.2, 0) is 0 Å². The molecule has 0 bridgehead atoms. The van der Waals surface area contributed by atoms with Crippen LogP contribution in [0, 0.1) is 39.0 Å². The topological polar surface area (TPSA) is 72.3 Å². The van der Waals surface area contributed by atoms with Crippen LogP contribution in [0.3, 0.4) is 0 Å². The Kier molecular flexibility index (Phi) is 7.65. The molecule has 10 rings (SSSR count). The lowest BCUT2D eigenvalue weighted by molar-refractivity contribution is 1.06. The Morgan fingerprint density at radius 1 is 0.429 bits per heavy atom. The van der Waals surface area contributed by atoms with Crippen molar-refractivity contribution < 1.29 is 0 Å². The molecule has 0 aliphatic carbocycles. The number of nitriles is 1. The van der Waals surface area contributed by atoms with Crippen LogP contribution in [0.25, 0.3) is 89.2 Å². The number of hydrogen-bond acceptors (Lipinski definition) is 4. The molecule has 7 aromatic carbocycles. The van der Waals surface area contributed by atoms with Gasteiger partial charge < -0.3 is 9.13 Å². The van der Waals surface area contributed by atoms with E-state index >= 15 is 0 Å². The molecule has 0 atom stereocenters. The fraction of sp³-hybridized carbons (Fsp3) is 0.0800. The average Bonchev–Trinajstić information content (AvgIpc) is 3.71. The fourth-order valence-corrected chi connectivity index (χ4v) is 8.19. The molecule has 3 aromatic heterocycles. The minimum absolute atomic E-state index is 0.479. The second-order valence-electron chi connectivity index (χ2n) is 14.8. The van der Waals surface area contributed by atoms with E-state index in [-0.39, 0.29) is 0 Å². The van der Waals surface area contributed by atoms with Gasteiger partial charge in [0.05, 0.1) is 33.3 Å². The van der Waals surface area contributed by atoms with Crippen molar-refractivity contribution in [1.29, 1.82) is 5.26 Å². The zero-order valence-corrected chi connectivity index (χ0v) is 31.5. The molecule has 0 aliphatic rings. The van der Waals surface area contributed by atoms with Crippen LogP contribution in [0.5, 0.6) is 0 Å². The smallest absolute Gasteiger partial charge is 0.166 e. The minimum Gasteiger partial charge on any atom is -0.309 e. The van der Waals surface area contributed by atoms with Crippen LogP contribution in [-0.4, -0.2) is 24.1 Å². The van der Waals surface area contributed by atoms with Crippen molar-refractivity contribution in [2.45, 2.75) is 27.7 Å². The van der Waals surface area contributed by atoms with E-state index in [4.69, 9.17) is 15.0 Å². The number of fused-ring (bicyclic) bond motifs is 6. The summed E-state index contributed by atoms with van der Waals surface area (Å²) >= 11 is 0. The number of aryl methyl sites for hydroxylation is 4. The Balaban J connectivity index is 1.37. The van der Waals surface area contributed by atoms with Gasteiger partial charge in [-0.1, -0.05) is 107 Å². The van der Waals surface area contributed by atoms with Crippen molar-refractivity contribution in [3.05, 3.63) is 173 Å². The van der Waals surface area contributed by atoms with Gasteiger partial charge in [-0.25, -0.2) is 15.0 Å². The molecular formula is C50H36N6. The second kappa shape index (κ2) is 12.9. The Labute approximate surface area is 324 Å². The Bertz CT molecular complexity index is 3060. The average molecular weight is 721 g/mol. The lowest BCUT2D eigenvalue weighted by atomic mass is 10.0. The summed E-state index contributed by atoms with van der Waals surface area (Å²) in [4.78, 5) is 15.5. The maximum Gasteiger partial charge on any atom is 0.166 e. The normalized spacial score (nSPS) is 11.6. The van der Waals surface area contributed by atoms with Crippen molar-refractivity contribution >= 4 is 43.6 Å². The Morgan fingerprint density at radius 2 is 0.821 bits per heavy atom. The predicted molar refractivity (Wildman–Crippen MR) is 228 cm³/mol. The van der Waals surface area contributed by atoms with Gasteiger partial charge >= 0.3 is 0 Å². The van der Waals surface area contributed by atoms with Gasteiger partial charge in [0, 0.05) is 43.9 Å². The highest BCUT2D eigenvalue weighted by molar-refractivity contribution is 6.11. The van der Waals surface area contributed by atoms with Gasteiger partial charge in [0.1, 0.15) is 6.07 Å². The lowest BCUT2D eigenvalue weighted by Crippen LogP contribution is -2.07. The summed E-state index contributed by atoms with van der Waals surface area (Å²) < 4.78 is 4.50. The lowest BCUT2D eigenvalue weighted by Gasteiger charge is -2.19. The zero-order valence-electron chi connectivity index (χ0n) is 31.5. The van der Waals surface area contributed by atoms with E-state index in [0.29, 0.717) is 23.0 Å². The van der Waals surface area contributed by atoms with E-state index in [2.05, 4.69) is 122 Å².